The molecule has 36 heavy (non-hydrogen) atoms. The van der Waals surface area contributed by atoms with Gasteiger partial charge in [-0.15, -0.1) is 0 Å². The number of hydrogen-bond acceptors (Lipinski definition) is 4. The molecule has 2 amide bonds. The Morgan fingerprint density at radius 3 is 2.39 bits per heavy atom. The van der Waals surface area contributed by atoms with Crippen molar-refractivity contribution in [3.05, 3.63) is 87.9 Å². The van der Waals surface area contributed by atoms with Crippen molar-refractivity contribution in [2.75, 3.05) is 9.62 Å². The molecule has 3 aromatic rings. The van der Waals surface area contributed by atoms with Crippen LogP contribution in [0.25, 0.3) is 0 Å². The highest BCUT2D eigenvalue weighted by Gasteiger charge is 2.42. The SMILES string of the molecule is Cc1cc(S(=O)(=O)N2c3cc(F)ccc3NC(=O)C2CC(=O)NCc2ccc(F)cc2)c(C)cc1Cl. The van der Waals surface area contributed by atoms with Gasteiger partial charge in [-0.25, -0.2) is 17.2 Å². The maximum atomic E-state index is 14.2. The van der Waals surface area contributed by atoms with Crippen LogP contribution < -0.4 is 14.9 Å². The van der Waals surface area contributed by atoms with Crippen LogP contribution in [0, 0.1) is 25.5 Å². The summed E-state index contributed by atoms with van der Waals surface area (Å²) in [5.41, 5.74) is 1.43. The number of anilines is 2. The number of rotatable bonds is 6. The standard InChI is InChI=1S/C25H22ClF2N3O4S/c1-14-10-23(15(2)9-19(14)26)36(34,35)31-21-11-18(28)7-8-20(21)30-25(33)22(31)12-24(32)29-13-16-3-5-17(27)6-4-16/h3-11,22H,12-13H2,1-2H3,(H,29,32)(H,30,33). The Morgan fingerprint density at radius 2 is 1.69 bits per heavy atom. The summed E-state index contributed by atoms with van der Waals surface area (Å²) in [5.74, 6) is -2.50. The van der Waals surface area contributed by atoms with Gasteiger partial charge in [-0.2, -0.15) is 0 Å². The van der Waals surface area contributed by atoms with Crippen LogP contribution in [-0.2, 0) is 26.2 Å². The summed E-state index contributed by atoms with van der Waals surface area (Å²) in [7, 11) is -4.44. The Morgan fingerprint density at radius 1 is 1.03 bits per heavy atom. The van der Waals surface area contributed by atoms with Crippen molar-refractivity contribution < 1.29 is 26.8 Å². The van der Waals surface area contributed by atoms with Gasteiger partial charge in [0.25, 0.3) is 10.0 Å². The van der Waals surface area contributed by atoms with E-state index in [2.05, 4.69) is 10.6 Å². The van der Waals surface area contributed by atoms with Gasteiger partial charge in [0.2, 0.25) is 11.8 Å². The molecule has 1 heterocycles. The molecule has 0 saturated carbocycles. The van der Waals surface area contributed by atoms with Gasteiger partial charge in [0.1, 0.15) is 17.7 Å². The maximum Gasteiger partial charge on any atom is 0.265 e. The van der Waals surface area contributed by atoms with Crippen LogP contribution in [0.2, 0.25) is 5.02 Å². The minimum absolute atomic E-state index is 0.0426. The van der Waals surface area contributed by atoms with Gasteiger partial charge in [-0.1, -0.05) is 23.7 Å². The molecule has 0 aliphatic carbocycles. The summed E-state index contributed by atoms with van der Waals surface area (Å²) in [5, 5.41) is 5.53. The molecule has 4 rings (SSSR count). The number of carbonyl (C=O) groups excluding carboxylic acids is 2. The van der Waals surface area contributed by atoms with Gasteiger partial charge in [0.15, 0.2) is 0 Å². The second-order valence-corrected chi connectivity index (χ2v) is 10.6. The monoisotopic (exact) mass is 533 g/mol. The summed E-state index contributed by atoms with van der Waals surface area (Å²) in [4.78, 5) is 25.7. The van der Waals surface area contributed by atoms with Crippen LogP contribution >= 0.6 is 11.6 Å². The average molecular weight is 534 g/mol. The molecule has 11 heteroatoms. The molecular weight excluding hydrogens is 512 g/mol. The second kappa shape index (κ2) is 9.87. The average Bonchev–Trinajstić information content (AvgIpc) is 2.81. The zero-order valence-electron chi connectivity index (χ0n) is 19.3. The maximum absolute atomic E-state index is 14.2. The van der Waals surface area contributed by atoms with E-state index in [4.69, 9.17) is 11.6 Å². The first-order valence-corrected chi connectivity index (χ1v) is 12.7. The molecular formula is C25H22ClF2N3O4S. The van der Waals surface area contributed by atoms with Gasteiger partial charge in [0, 0.05) is 17.6 Å². The minimum atomic E-state index is -4.44. The first-order chi connectivity index (χ1) is 17.0. The molecule has 1 aliphatic rings. The molecule has 7 nitrogen and oxygen atoms in total. The molecule has 1 atom stereocenters. The van der Waals surface area contributed by atoms with Gasteiger partial charge in [0.05, 0.1) is 22.7 Å². The Balaban J connectivity index is 1.72. The van der Waals surface area contributed by atoms with Crippen LogP contribution in [0.5, 0.6) is 0 Å². The number of nitrogens with zero attached hydrogens (tertiary/aromatic N) is 1. The first kappa shape index (κ1) is 25.6. The molecule has 0 radical (unpaired) electrons. The minimum Gasteiger partial charge on any atom is -0.352 e. The molecule has 0 bridgehead atoms. The quantitative estimate of drug-likeness (QED) is 0.489. The lowest BCUT2D eigenvalue weighted by atomic mass is 10.1. The van der Waals surface area contributed by atoms with E-state index in [9.17, 15) is 26.8 Å². The predicted molar refractivity (Wildman–Crippen MR) is 132 cm³/mol. The van der Waals surface area contributed by atoms with Crippen molar-refractivity contribution in [3.63, 3.8) is 0 Å². The van der Waals surface area contributed by atoms with E-state index in [-0.39, 0.29) is 22.8 Å². The van der Waals surface area contributed by atoms with Gasteiger partial charge in [-0.05, 0) is 66.9 Å². The number of aryl methyl sites for hydroxylation is 2. The molecule has 0 spiro atoms. The van der Waals surface area contributed by atoms with E-state index in [1.54, 1.807) is 13.8 Å². The molecule has 0 fully saturated rings. The summed E-state index contributed by atoms with van der Waals surface area (Å²) in [6.45, 7) is 3.23. The van der Waals surface area contributed by atoms with Crippen LogP contribution in [-0.4, -0.2) is 26.3 Å². The first-order valence-electron chi connectivity index (χ1n) is 10.9. The lowest BCUT2D eigenvalue weighted by Gasteiger charge is -2.37. The van der Waals surface area contributed by atoms with E-state index in [1.165, 1.54) is 42.5 Å². The highest BCUT2D eigenvalue weighted by Crippen LogP contribution is 2.39. The topological polar surface area (TPSA) is 95.6 Å². The van der Waals surface area contributed by atoms with Crippen molar-refractivity contribution >= 4 is 44.8 Å². The summed E-state index contributed by atoms with van der Waals surface area (Å²) in [6, 6.07) is 10.2. The molecule has 0 saturated heterocycles. The molecule has 188 valence electrons. The van der Waals surface area contributed by atoms with Crippen molar-refractivity contribution in [3.8, 4) is 0 Å². The fourth-order valence-corrected chi connectivity index (χ4v) is 6.08. The zero-order chi connectivity index (χ0) is 26.2. The highest BCUT2D eigenvalue weighted by atomic mass is 35.5. The van der Waals surface area contributed by atoms with Crippen LogP contribution in [0.4, 0.5) is 20.2 Å². The molecule has 1 aliphatic heterocycles. The van der Waals surface area contributed by atoms with Crippen molar-refractivity contribution in [2.45, 2.75) is 37.8 Å². The lowest BCUT2D eigenvalue weighted by Crippen LogP contribution is -2.52. The van der Waals surface area contributed by atoms with E-state index in [1.807, 2.05) is 0 Å². The van der Waals surface area contributed by atoms with Crippen LogP contribution in [0.1, 0.15) is 23.1 Å². The fraction of sp³-hybridized carbons (Fsp3) is 0.200. The Kier molecular flexibility index (Phi) is 7.01. The third-order valence-corrected chi connectivity index (χ3v) is 8.19. The Labute approximate surface area is 212 Å². The summed E-state index contributed by atoms with van der Waals surface area (Å²) in [6.07, 6.45) is -0.534. The molecule has 0 aromatic heterocycles. The highest BCUT2D eigenvalue weighted by molar-refractivity contribution is 7.93. The van der Waals surface area contributed by atoms with Crippen LogP contribution in [0.15, 0.2) is 59.5 Å². The van der Waals surface area contributed by atoms with Gasteiger partial charge in [-0.3, -0.25) is 13.9 Å². The van der Waals surface area contributed by atoms with Crippen molar-refractivity contribution in [1.29, 1.82) is 0 Å². The van der Waals surface area contributed by atoms with E-state index >= 15 is 0 Å². The van der Waals surface area contributed by atoms with Gasteiger partial charge >= 0.3 is 0 Å². The lowest BCUT2D eigenvalue weighted by molar-refractivity contribution is -0.125. The third-order valence-electron chi connectivity index (χ3n) is 5.82. The molecule has 1 unspecified atom stereocenters. The molecule has 3 aromatic carbocycles. The van der Waals surface area contributed by atoms with Crippen molar-refractivity contribution in [2.24, 2.45) is 0 Å². The second-order valence-electron chi connectivity index (χ2n) is 8.44. The summed E-state index contributed by atoms with van der Waals surface area (Å²) >= 11 is 6.14. The fourth-order valence-electron chi connectivity index (χ4n) is 3.94. The Hall–Kier alpha value is -3.50. The number of sulfonamides is 1. The third kappa shape index (κ3) is 5.05. The summed E-state index contributed by atoms with van der Waals surface area (Å²) < 4.78 is 56.0. The van der Waals surface area contributed by atoms with Crippen molar-refractivity contribution in [1.82, 2.24) is 5.32 Å². The van der Waals surface area contributed by atoms with E-state index in [0.717, 1.165) is 16.4 Å². The predicted octanol–water partition coefficient (Wildman–Crippen LogP) is 4.46. The molecule has 2 N–H and O–H groups in total. The number of nitrogens with one attached hydrogen (secondary N) is 2. The normalized spacial score (nSPS) is 15.3. The number of carbonyl (C=O) groups is 2. The number of hydrogen-bond donors (Lipinski definition) is 2. The largest absolute Gasteiger partial charge is 0.352 e. The van der Waals surface area contributed by atoms with E-state index in [0.29, 0.717) is 21.7 Å². The van der Waals surface area contributed by atoms with E-state index < -0.39 is 45.9 Å². The van der Waals surface area contributed by atoms with Crippen LogP contribution in [0.3, 0.4) is 0 Å². The number of benzene rings is 3. The number of fused-ring (bicyclic) bond motifs is 1. The smallest absolute Gasteiger partial charge is 0.265 e. The van der Waals surface area contributed by atoms with Gasteiger partial charge < -0.3 is 10.6 Å². The number of halogens is 3. The Bertz CT molecular complexity index is 1460. The zero-order valence-corrected chi connectivity index (χ0v) is 20.9. The number of amides is 2.